The number of allylic oxidation sites excluding steroid dienone is 2. The number of nitrogens with zero attached hydrogens (tertiary/aromatic N) is 2. The first-order chi connectivity index (χ1) is 4.20. The van der Waals surface area contributed by atoms with Crippen LogP contribution in [-0.2, 0) is 0 Å². The van der Waals surface area contributed by atoms with Crippen LogP contribution in [-0.4, -0.2) is 17.8 Å². The van der Waals surface area contributed by atoms with Gasteiger partial charge in [-0.1, -0.05) is 6.08 Å². The second-order valence-corrected chi connectivity index (χ2v) is 2.41. The first-order valence-corrected chi connectivity index (χ1v) is 3.14. The summed E-state index contributed by atoms with van der Waals surface area (Å²) in [7, 11) is 1.97. The Hall–Kier alpha value is -0.790. The standard InChI is InChI=1S/C7H12N2/c1-6-4-5-7(2)9(3)8-6/h5H,4H2,1-3H3. The van der Waals surface area contributed by atoms with Crippen molar-refractivity contribution in [3.63, 3.8) is 0 Å². The van der Waals surface area contributed by atoms with Gasteiger partial charge in [0.15, 0.2) is 0 Å². The lowest BCUT2D eigenvalue weighted by atomic mass is 10.2. The van der Waals surface area contributed by atoms with Crippen LogP contribution < -0.4 is 0 Å². The highest BCUT2D eigenvalue weighted by Gasteiger charge is 2.02. The molecule has 0 atom stereocenters. The molecule has 0 radical (unpaired) electrons. The molecule has 0 aromatic carbocycles. The second-order valence-electron chi connectivity index (χ2n) is 2.41. The molecule has 0 aromatic heterocycles. The van der Waals surface area contributed by atoms with E-state index in [2.05, 4.69) is 18.1 Å². The largest absolute Gasteiger partial charge is 0.273 e. The van der Waals surface area contributed by atoms with Crippen molar-refractivity contribution in [2.24, 2.45) is 5.10 Å². The summed E-state index contributed by atoms with van der Waals surface area (Å²) >= 11 is 0. The highest BCUT2D eigenvalue weighted by atomic mass is 15.4. The van der Waals surface area contributed by atoms with Gasteiger partial charge >= 0.3 is 0 Å². The van der Waals surface area contributed by atoms with E-state index in [1.165, 1.54) is 11.4 Å². The van der Waals surface area contributed by atoms with Gasteiger partial charge in [0, 0.05) is 24.9 Å². The zero-order chi connectivity index (χ0) is 6.85. The lowest BCUT2D eigenvalue weighted by Gasteiger charge is -2.18. The Labute approximate surface area is 55.9 Å². The summed E-state index contributed by atoms with van der Waals surface area (Å²) in [6, 6.07) is 0. The number of hydrazone groups is 1. The summed E-state index contributed by atoms with van der Waals surface area (Å²) < 4.78 is 0. The normalized spacial score (nSPS) is 19.2. The number of rotatable bonds is 0. The Bertz CT molecular complexity index is 168. The SMILES string of the molecule is CC1=CCC(C)=NN1C. The number of hydrogen-bond acceptors (Lipinski definition) is 2. The molecule has 1 aliphatic rings. The minimum absolute atomic E-state index is 1.01. The zero-order valence-corrected chi connectivity index (χ0v) is 6.18. The third-order valence-corrected chi connectivity index (χ3v) is 1.52. The Morgan fingerprint density at radius 1 is 1.56 bits per heavy atom. The highest BCUT2D eigenvalue weighted by Crippen LogP contribution is 2.08. The van der Waals surface area contributed by atoms with E-state index in [0.29, 0.717) is 0 Å². The third-order valence-electron chi connectivity index (χ3n) is 1.52. The molecule has 0 amide bonds. The van der Waals surface area contributed by atoms with Crippen molar-refractivity contribution in [3.8, 4) is 0 Å². The van der Waals surface area contributed by atoms with Crippen molar-refractivity contribution < 1.29 is 0 Å². The number of hydrogen-bond donors (Lipinski definition) is 0. The summed E-state index contributed by atoms with van der Waals surface area (Å²) in [6.45, 7) is 4.11. The molecule has 0 bridgehead atoms. The molecule has 0 fully saturated rings. The molecular formula is C7H12N2. The Balaban J connectivity index is 2.70. The molecule has 0 saturated carbocycles. The van der Waals surface area contributed by atoms with E-state index in [1.807, 2.05) is 19.0 Å². The van der Waals surface area contributed by atoms with Gasteiger partial charge in [0.25, 0.3) is 0 Å². The van der Waals surface area contributed by atoms with Crippen molar-refractivity contribution in [1.29, 1.82) is 0 Å². The van der Waals surface area contributed by atoms with E-state index in [0.717, 1.165) is 6.42 Å². The minimum Gasteiger partial charge on any atom is -0.273 e. The summed E-state index contributed by atoms with van der Waals surface area (Å²) in [6.07, 6.45) is 3.19. The molecule has 9 heavy (non-hydrogen) atoms. The van der Waals surface area contributed by atoms with E-state index in [4.69, 9.17) is 0 Å². The highest BCUT2D eigenvalue weighted by molar-refractivity contribution is 5.83. The van der Waals surface area contributed by atoms with Crippen LogP contribution in [0.25, 0.3) is 0 Å². The minimum atomic E-state index is 1.01. The monoisotopic (exact) mass is 124 g/mol. The molecular weight excluding hydrogens is 112 g/mol. The van der Waals surface area contributed by atoms with Crippen LogP contribution in [0.4, 0.5) is 0 Å². The van der Waals surface area contributed by atoms with Gasteiger partial charge in [-0.15, -0.1) is 0 Å². The Morgan fingerprint density at radius 3 is 2.67 bits per heavy atom. The van der Waals surface area contributed by atoms with Crippen molar-refractivity contribution in [1.82, 2.24) is 5.01 Å². The van der Waals surface area contributed by atoms with Crippen LogP contribution in [0.1, 0.15) is 20.3 Å². The topological polar surface area (TPSA) is 15.6 Å². The lowest BCUT2D eigenvalue weighted by Crippen LogP contribution is -2.14. The van der Waals surface area contributed by atoms with Gasteiger partial charge in [-0.3, -0.25) is 5.01 Å². The Kier molecular flexibility index (Phi) is 1.56. The van der Waals surface area contributed by atoms with Gasteiger partial charge < -0.3 is 0 Å². The van der Waals surface area contributed by atoms with Crippen LogP contribution >= 0.6 is 0 Å². The molecule has 0 saturated heterocycles. The second kappa shape index (κ2) is 2.21. The lowest BCUT2D eigenvalue weighted by molar-refractivity contribution is 0.438. The molecule has 0 N–H and O–H groups in total. The van der Waals surface area contributed by atoms with Crippen LogP contribution in [0, 0.1) is 0 Å². The van der Waals surface area contributed by atoms with E-state index in [1.54, 1.807) is 0 Å². The van der Waals surface area contributed by atoms with Gasteiger partial charge in [-0.05, 0) is 13.8 Å². The van der Waals surface area contributed by atoms with Gasteiger partial charge in [0.05, 0.1) is 0 Å². The quantitative estimate of drug-likeness (QED) is 0.479. The predicted molar refractivity (Wildman–Crippen MR) is 39.2 cm³/mol. The average molecular weight is 124 g/mol. The van der Waals surface area contributed by atoms with E-state index >= 15 is 0 Å². The van der Waals surface area contributed by atoms with Crippen molar-refractivity contribution in [3.05, 3.63) is 11.8 Å². The molecule has 1 aliphatic heterocycles. The van der Waals surface area contributed by atoms with Crippen molar-refractivity contribution in [2.45, 2.75) is 20.3 Å². The molecule has 50 valence electrons. The fourth-order valence-electron chi connectivity index (χ4n) is 0.803. The molecule has 2 nitrogen and oxygen atoms in total. The van der Waals surface area contributed by atoms with E-state index in [9.17, 15) is 0 Å². The summed E-state index contributed by atoms with van der Waals surface area (Å²) in [5.74, 6) is 0. The summed E-state index contributed by atoms with van der Waals surface area (Å²) in [4.78, 5) is 0. The van der Waals surface area contributed by atoms with Crippen LogP contribution in [0.5, 0.6) is 0 Å². The first kappa shape index (κ1) is 6.33. The van der Waals surface area contributed by atoms with Crippen LogP contribution in [0.15, 0.2) is 16.9 Å². The van der Waals surface area contributed by atoms with Gasteiger partial charge in [0.2, 0.25) is 0 Å². The van der Waals surface area contributed by atoms with E-state index < -0.39 is 0 Å². The summed E-state index contributed by atoms with van der Waals surface area (Å²) in [5.41, 5.74) is 2.42. The Morgan fingerprint density at radius 2 is 2.22 bits per heavy atom. The van der Waals surface area contributed by atoms with Gasteiger partial charge in [-0.25, -0.2) is 0 Å². The predicted octanol–water partition coefficient (Wildman–Crippen LogP) is 1.60. The molecule has 1 heterocycles. The average Bonchev–Trinajstić information content (AvgIpc) is 1.80. The van der Waals surface area contributed by atoms with Crippen LogP contribution in [0.2, 0.25) is 0 Å². The fraction of sp³-hybridized carbons (Fsp3) is 0.571. The molecule has 2 heteroatoms. The van der Waals surface area contributed by atoms with Gasteiger partial charge in [-0.2, -0.15) is 5.10 Å². The van der Waals surface area contributed by atoms with Crippen LogP contribution in [0.3, 0.4) is 0 Å². The van der Waals surface area contributed by atoms with Crippen molar-refractivity contribution >= 4 is 5.71 Å². The maximum Gasteiger partial charge on any atom is 0.0392 e. The first-order valence-electron chi connectivity index (χ1n) is 3.14. The molecule has 0 spiro atoms. The molecule has 0 aliphatic carbocycles. The zero-order valence-electron chi connectivity index (χ0n) is 6.18. The van der Waals surface area contributed by atoms with Crippen molar-refractivity contribution in [2.75, 3.05) is 7.05 Å². The molecule has 0 unspecified atom stereocenters. The van der Waals surface area contributed by atoms with E-state index in [-0.39, 0.29) is 0 Å². The third kappa shape index (κ3) is 1.31. The molecule has 0 aromatic rings. The fourth-order valence-corrected chi connectivity index (χ4v) is 0.803. The smallest absolute Gasteiger partial charge is 0.0392 e. The maximum atomic E-state index is 4.25. The van der Waals surface area contributed by atoms with Gasteiger partial charge in [0.1, 0.15) is 0 Å². The molecule has 1 rings (SSSR count). The maximum absolute atomic E-state index is 4.25. The summed E-state index contributed by atoms with van der Waals surface area (Å²) in [5, 5.41) is 6.15.